The second-order valence-corrected chi connectivity index (χ2v) is 5.17. The van der Waals surface area contributed by atoms with Crippen LogP contribution in [0.3, 0.4) is 0 Å². The molecule has 0 radical (unpaired) electrons. The van der Waals surface area contributed by atoms with E-state index in [1.807, 2.05) is 61.5 Å². The van der Waals surface area contributed by atoms with Gasteiger partial charge in [0.1, 0.15) is 5.84 Å². The number of amidine groups is 1. The highest BCUT2D eigenvalue weighted by Crippen LogP contribution is 2.48. The quantitative estimate of drug-likeness (QED) is 0.198. The number of rotatable bonds is 3. The lowest BCUT2D eigenvalue weighted by Gasteiger charge is -2.38. The molecule has 6 heteroatoms. The van der Waals surface area contributed by atoms with Crippen molar-refractivity contribution in [3.8, 4) is 0 Å². The molecule has 30 heavy (non-hydrogen) atoms. The van der Waals surface area contributed by atoms with E-state index in [9.17, 15) is 4.39 Å². The minimum atomic E-state index is 0.0127. The predicted molar refractivity (Wildman–Crippen MR) is 137 cm³/mol. The van der Waals surface area contributed by atoms with Gasteiger partial charge in [0.25, 0.3) is 0 Å². The Labute approximate surface area is 187 Å². The van der Waals surface area contributed by atoms with E-state index in [4.69, 9.17) is 11.1 Å². The SMILES string of the molecule is C=CC1=C(C=C)C2(C=C1C(=N)N)CCN(C)CC2.CC.CC.CC.CC.CF.NN. The summed E-state index contributed by atoms with van der Waals surface area (Å²) in [4.78, 5) is 2.33. The molecule has 0 atom stereocenters. The van der Waals surface area contributed by atoms with Gasteiger partial charge >= 0.3 is 0 Å². The van der Waals surface area contributed by atoms with E-state index in [1.54, 1.807) is 6.08 Å². The van der Waals surface area contributed by atoms with Crippen LogP contribution in [0.5, 0.6) is 0 Å². The molecule has 0 unspecified atom stereocenters. The summed E-state index contributed by atoms with van der Waals surface area (Å²) in [7, 11) is 2.64. The molecule has 1 fully saturated rings. The first-order valence-corrected chi connectivity index (χ1v) is 11.0. The van der Waals surface area contributed by atoms with Gasteiger partial charge in [0.2, 0.25) is 0 Å². The van der Waals surface area contributed by atoms with Gasteiger partial charge in [0.05, 0.1) is 7.18 Å². The number of halogens is 1. The molecule has 0 bridgehead atoms. The molecule has 1 saturated heterocycles. The Kier molecular flexibility index (Phi) is 35.2. The van der Waals surface area contributed by atoms with E-state index in [2.05, 4.69) is 42.9 Å². The fraction of sp³-hybridized carbons (Fsp3) is 0.625. The lowest BCUT2D eigenvalue weighted by Crippen LogP contribution is -2.37. The van der Waals surface area contributed by atoms with Crippen LogP contribution in [0.1, 0.15) is 68.2 Å². The fourth-order valence-corrected chi connectivity index (χ4v) is 3.03. The molecule has 0 saturated carbocycles. The van der Waals surface area contributed by atoms with Gasteiger partial charge in [-0.2, -0.15) is 0 Å². The number of hydrazine groups is 1. The van der Waals surface area contributed by atoms with Crippen LogP contribution in [0.4, 0.5) is 4.39 Å². The lowest BCUT2D eigenvalue weighted by molar-refractivity contribution is 0.196. The van der Waals surface area contributed by atoms with E-state index in [-0.39, 0.29) is 11.3 Å². The Morgan fingerprint density at radius 1 is 0.967 bits per heavy atom. The summed E-state index contributed by atoms with van der Waals surface area (Å²) >= 11 is 0. The van der Waals surface area contributed by atoms with Crippen molar-refractivity contribution in [3.63, 3.8) is 0 Å². The number of alkyl halides is 1. The number of likely N-dealkylation sites (tertiary alicyclic amines) is 1. The maximum absolute atomic E-state index is 9.50. The molecular formula is C24H52FN5. The molecule has 0 amide bonds. The number of hydrogen-bond donors (Lipinski definition) is 4. The van der Waals surface area contributed by atoms with Crippen molar-refractivity contribution in [1.82, 2.24) is 4.90 Å². The zero-order chi connectivity index (χ0) is 25.3. The maximum Gasteiger partial charge on any atom is 0.123 e. The molecule has 2 aliphatic rings. The Morgan fingerprint density at radius 2 is 1.33 bits per heavy atom. The summed E-state index contributed by atoms with van der Waals surface area (Å²) in [5.74, 6) is 8.13. The second-order valence-electron chi connectivity index (χ2n) is 5.17. The molecular weight excluding hydrogens is 377 g/mol. The predicted octanol–water partition coefficient (Wildman–Crippen LogP) is 5.75. The zero-order valence-electron chi connectivity index (χ0n) is 21.5. The molecule has 1 spiro atoms. The first-order valence-electron chi connectivity index (χ1n) is 11.0. The lowest BCUT2D eigenvalue weighted by atomic mass is 9.74. The van der Waals surface area contributed by atoms with Crippen molar-refractivity contribution < 1.29 is 4.39 Å². The molecule has 7 N–H and O–H groups in total. The second kappa shape index (κ2) is 27.2. The van der Waals surface area contributed by atoms with Crippen LogP contribution in [0.2, 0.25) is 0 Å². The van der Waals surface area contributed by atoms with Crippen molar-refractivity contribution >= 4 is 5.84 Å². The summed E-state index contributed by atoms with van der Waals surface area (Å²) in [6, 6.07) is 0. The van der Waals surface area contributed by atoms with Crippen LogP contribution in [0.25, 0.3) is 0 Å². The van der Waals surface area contributed by atoms with Crippen LogP contribution in [-0.4, -0.2) is 38.1 Å². The van der Waals surface area contributed by atoms with Crippen LogP contribution in [0, 0.1) is 10.8 Å². The summed E-state index contributed by atoms with van der Waals surface area (Å²) in [5, 5.41) is 7.71. The van der Waals surface area contributed by atoms with Gasteiger partial charge in [-0.25, -0.2) is 0 Å². The highest BCUT2D eigenvalue weighted by Gasteiger charge is 2.40. The number of piperidine rings is 1. The Balaban J connectivity index is -0.000000150. The fourth-order valence-electron chi connectivity index (χ4n) is 3.03. The van der Waals surface area contributed by atoms with Crippen molar-refractivity contribution in [1.29, 1.82) is 5.41 Å². The third-order valence-corrected chi connectivity index (χ3v) is 4.12. The molecule has 0 aromatic carbocycles. The van der Waals surface area contributed by atoms with Gasteiger partial charge < -0.3 is 10.6 Å². The van der Waals surface area contributed by atoms with Crippen LogP contribution in [-0.2, 0) is 0 Å². The third kappa shape index (κ3) is 12.1. The van der Waals surface area contributed by atoms with Crippen LogP contribution >= 0.6 is 0 Å². The highest BCUT2D eigenvalue weighted by molar-refractivity contribution is 6.01. The first-order chi connectivity index (χ1) is 14.5. The number of nitrogens with zero attached hydrogens (tertiary/aromatic N) is 1. The number of hydrogen-bond acceptors (Lipinski definition) is 4. The monoisotopic (exact) mass is 429 g/mol. The van der Waals surface area contributed by atoms with Gasteiger partial charge in [-0.15, -0.1) is 0 Å². The van der Waals surface area contributed by atoms with Gasteiger partial charge in [0, 0.05) is 11.0 Å². The van der Waals surface area contributed by atoms with Gasteiger partial charge in [0.15, 0.2) is 0 Å². The molecule has 0 aromatic rings. The van der Waals surface area contributed by atoms with Gasteiger partial charge in [-0.05, 0) is 44.1 Å². The van der Waals surface area contributed by atoms with Crippen LogP contribution < -0.4 is 17.4 Å². The minimum Gasteiger partial charge on any atom is -0.384 e. The van der Waals surface area contributed by atoms with E-state index >= 15 is 0 Å². The van der Waals surface area contributed by atoms with E-state index in [0.29, 0.717) is 7.18 Å². The van der Waals surface area contributed by atoms with E-state index in [1.165, 1.54) is 5.57 Å². The van der Waals surface area contributed by atoms with Crippen molar-refractivity contribution in [2.75, 3.05) is 27.3 Å². The van der Waals surface area contributed by atoms with Crippen LogP contribution in [0.15, 0.2) is 48.1 Å². The summed E-state index contributed by atoms with van der Waals surface area (Å²) in [5.41, 5.74) is 8.70. The number of nitrogens with one attached hydrogen (secondary N) is 1. The Bertz CT molecular complexity index is 474. The van der Waals surface area contributed by atoms with Crippen molar-refractivity contribution in [2.45, 2.75) is 68.2 Å². The molecule has 1 aliphatic heterocycles. The molecule has 180 valence electrons. The topological polar surface area (TPSA) is 105 Å². The summed E-state index contributed by atoms with van der Waals surface area (Å²) < 4.78 is 9.50. The van der Waals surface area contributed by atoms with E-state index < -0.39 is 0 Å². The highest BCUT2D eigenvalue weighted by atomic mass is 19.1. The molecule has 5 nitrogen and oxygen atoms in total. The Hall–Kier alpha value is -1.76. The molecule has 1 heterocycles. The van der Waals surface area contributed by atoms with E-state index in [0.717, 1.165) is 37.1 Å². The number of nitrogens with two attached hydrogens (primary N) is 3. The average molecular weight is 430 g/mol. The average Bonchev–Trinajstić information content (AvgIpc) is 3.17. The smallest absolute Gasteiger partial charge is 0.123 e. The summed E-state index contributed by atoms with van der Waals surface area (Å²) in [6.45, 7) is 25.9. The van der Waals surface area contributed by atoms with Gasteiger partial charge in [-0.3, -0.25) is 21.5 Å². The maximum atomic E-state index is 9.50. The van der Waals surface area contributed by atoms with Crippen molar-refractivity contribution in [2.24, 2.45) is 22.8 Å². The number of allylic oxidation sites excluding steroid dienone is 4. The third-order valence-electron chi connectivity index (χ3n) is 4.12. The first kappa shape index (κ1) is 38.8. The zero-order valence-corrected chi connectivity index (χ0v) is 21.5. The normalized spacial score (nSPS) is 15.0. The van der Waals surface area contributed by atoms with Crippen molar-refractivity contribution in [3.05, 3.63) is 48.1 Å². The standard InChI is InChI=1S/C15H21N3.4C2H6.CH3F.H4N2/c1-4-11-12(14(16)17)10-15(13(11)5-2)6-8-18(3)9-7-15;6*1-2/h4-5,10H,1-2,6-9H2,3H3,(H3,16,17);4*1-2H3;1H3;1-2H2. The molecule has 1 aliphatic carbocycles. The largest absolute Gasteiger partial charge is 0.384 e. The molecule has 0 aromatic heterocycles. The van der Waals surface area contributed by atoms with Gasteiger partial charge in [-0.1, -0.05) is 86.8 Å². The summed E-state index contributed by atoms with van der Waals surface area (Å²) in [6.07, 6.45) is 7.99. The Morgan fingerprint density at radius 3 is 1.60 bits per heavy atom. The molecule has 2 rings (SSSR count). The minimum absolute atomic E-state index is 0.0127.